The molecular weight excluding hydrogens is 300 g/mol. The zero-order chi connectivity index (χ0) is 17.3. The summed E-state index contributed by atoms with van der Waals surface area (Å²) in [6.45, 7) is 8.25. The molecule has 1 N–H and O–H groups in total. The van der Waals surface area contributed by atoms with Crippen molar-refractivity contribution in [3.05, 3.63) is 70.8 Å². The van der Waals surface area contributed by atoms with Gasteiger partial charge in [0.05, 0.1) is 0 Å². The fourth-order valence-electron chi connectivity index (χ4n) is 2.36. The predicted molar refractivity (Wildman–Crippen MR) is 103 cm³/mol. The van der Waals surface area contributed by atoms with E-state index in [0.717, 1.165) is 22.3 Å². The van der Waals surface area contributed by atoms with Crippen LogP contribution in [0, 0.1) is 25.0 Å². The second kappa shape index (κ2) is 9.45. The third kappa shape index (κ3) is 4.89. The highest BCUT2D eigenvalue weighted by atomic mass is 32.2. The topological polar surface area (TPSA) is 20.2 Å². The Morgan fingerprint density at radius 1 is 0.913 bits per heavy atom. The second-order valence-corrected chi connectivity index (χ2v) is 6.09. The molecule has 0 atom stereocenters. The van der Waals surface area contributed by atoms with Crippen molar-refractivity contribution in [2.75, 3.05) is 6.26 Å². The lowest BCUT2D eigenvalue weighted by molar-refractivity contribution is 0.144. The fourth-order valence-corrected chi connectivity index (χ4v) is 2.61. The van der Waals surface area contributed by atoms with Crippen LogP contribution in [0.2, 0.25) is 0 Å². The van der Waals surface area contributed by atoms with E-state index < -0.39 is 5.60 Å². The van der Waals surface area contributed by atoms with Crippen LogP contribution in [0.1, 0.15) is 42.5 Å². The Morgan fingerprint density at radius 2 is 1.30 bits per heavy atom. The Balaban J connectivity index is 0.000000816. The Hall–Kier alpha value is -1.69. The first-order chi connectivity index (χ1) is 11.0. The predicted octanol–water partition coefficient (Wildman–Crippen LogP) is 5.28. The van der Waals surface area contributed by atoms with E-state index in [1.165, 1.54) is 18.2 Å². The van der Waals surface area contributed by atoms with Crippen molar-refractivity contribution < 1.29 is 5.11 Å². The molecule has 0 fully saturated rings. The molecule has 2 heteroatoms. The van der Waals surface area contributed by atoms with Crippen molar-refractivity contribution in [1.82, 2.24) is 0 Å². The number of hydrogen-bond donors (Lipinski definition) is 1. The molecule has 23 heavy (non-hydrogen) atoms. The van der Waals surface area contributed by atoms with E-state index in [4.69, 9.17) is 0 Å². The maximum atomic E-state index is 11.3. The van der Waals surface area contributed by atoms with E-state index in [9.17, 15) is 5.11 Å². The molecule has 0 aliphatic carbocycles. The monoisotopic (exact) mass is 326 g/mol. The summed E-state index contributed by atoms with van der Waals surface area (Å²) in [5, 5.41) is 14.2. The smallest absolute Gasteiger partial charge is 0.178 e. The van der Waals surface area contributed by atoms with Crippen molar-refractivity contribution in [2.45, 2.75) is 39.7 Å². The molecule has 0 amide bonds. The van der Waals surface area contributed by atoms with E-state index in [1.807, 2.05) is 68.6 Å². The maximum absolute atomic E-state index is 11.3. The van der Waals surface area contributed by atoms with Crippen molar-refractivity contribution in [2.24, 2.45) is 0 Å². The summed E-state index contributed by atoms with van der Waals surface area (Å²) >= 11 is 1.41. The lowest BCUT2D eigenvalue weighted by Crippen LogP contribution is -2.27. The lowest BCUT2D eigenvalue weighted by atomic mass is 9.82. The number of benzene rings is 2. The van der Waals surface area contributed by atoms with Crippen molar-refractivity contribution in [3.8, 4) is 11.2 Å². The van der Waals surface area contributed by atoms with Gasteiger partial charge >= 0.3 is 0 Å². The van der Waals surface area contributed by atoms with Gasteiger partial charge in [0.25, 0.3) is 0 Å². The zero-order valence-electron chi connectivity index (χ0n) is 14.7. The first kappa shape index (κ1) is 19.4. The molecule has 0 saturated carbocycles. The average molecular weight is 327 g/mol. The van der Waals surface area contributed by atoms with E-state index in [0.29, 0.717) is 0 Å². The molecule has 2 aromatic rings. The Labute approximate surface area is 145 Å². The average Bonchev–Trinajstić information content (AvgIpc) is 2.54. The number of rotatable bonds is 2. The first-order valence-corrected chi connectivity index (χ1v) is 9.13. The highest BCUT2D eigenvalue weighted by Gasteiger charge is 2.32. The van der Waals surface area contributed by atoms with Gasteiger partial charge in [0, 0.05) is 11.1 Å². The van der Waals surface area contributed by atoms with Gasteiger partial charge < -0.3 is 5.11 Å². The highest BCUT2D eigenvalue weighted by molar-refractivity contribution is 8.03. The molecule has 2 rings (SSSR count). The molecule has 0 saturated heterocycles. The molecule has 0 bridgehead atoms. The highest BCUT2D eigenvalue weighted by Crippen LogP contribution is 2.33. The van der Waals surface area contributed by atoms with E-state index in [1.54, 1.807) is 0 Å². The molecule has 0 aliphatic heterocycles. The summed E-state index contributed by atoms with van der Waals surface area (Å²) in [5.74, 6) is 3.03. The Bertz CT molecular complexity index is 634. The van der Waals surface area contributed by atoms with Gasteiger partial charge in [-0.3, -0.25) is 0 Å². The molecule has 2 aromatic carbocycles. The van der Waals surface area contributed by atoms with Gasteiger partial charge in [-0.2, -0.15) is 0 Å². The van der Waals surface area contributed by atoms with Crippen molar-refractivity contribution in [3.63, 3.8) is 0 Å². The van der Waals surface area contributed by atoms with Crippen LogP contribution in [0.4, 0.5) is 0 Å². The van der Waals surface area contributed by atoms with Crippen LogP contribution in [0.15, 0.2) is 48.5 Å². The summed E-state index contributed by atoms with van der Waals surface area (Å²) in [5.41, 5.74) is 2.49. The fraction of sp³-hybridized carbons (Fsp3) is 0.333. The maximum Gasteiger partial charge on any atom is 0.178 e. The van der Waals surface area contributed by atoms with Gasteiger partial charge in [0.1, 0.15) is 0 Å². The minimum absolute atomic E-state index is 0.843. The summed E-state index contributed by atoms with van der Waals surface area (Å²) in [4.78, 5) is 0. The largest absolute Gasteiger partial charge is 0.369 e. The quantitative estimate of drug-likeness (QED) is 0.758. The zero-order valence-corrected chi connectivity index (χ0v) is 15.5. The van der Waals surface area contributed by atoms with Crippen LogP contribution in [0.3, 0.4) is 0 Å². The SMILES string of the molecule is CCC.CSC#CC(O)(c1ccccc1C)c1ccccc1C. The number of hydrogen-bond acceptors (Lipinski definition) is 2. The van der Waals surface area contributed by atoms with Crippen LogP contribution in [-0.4, -0.2) is 11.4 Å². The van der Waals surface area contributed by atoms with Crippen LogP contribution < -0.4 is 0 Å². The second-order valence-electron chi connectivity index (χ2n) is 5.48. The summed E-state index contributed by atoms with van der Waals surface area (Å²) in [6.07, 6.45) is 3.16. The lowest BCUT2D eigenvalue weighted by Gasteiger charge is -2.26. The van der Waals surface area contributed by atoms with E-state index in [2.05, 4.69) is 25.0 Å². The number of thioether (sulfide) groups is 1. The van der Waals surface area contributed by atoms with Gasteiger partial charge in [-0.25, -0.2) is 0 Å². The van der Waals surface area contributed by atoms with Crippen LogP contribution in [0.5, 0.6) is 0 Å². The third-order valence-corrected chi connectivity index (χ3v) is 3.71. The van der Waals surface area contributed by atoms with Gasteiger partial charge in [-0.1, -0.05) is 80.6 Å². The standard InChI is InChI=1S/C18H18OS.C3H8/c1-14-8-4-6-10-16(14)18(19,12-13-20-3)17-11-7-5-9-15(17)2;1-3-2/h4-11,19H,1-3H3;3H2,1-2H3. The third-order valence-electron chi connectivity index (χ3n) is 3.40. The van der Waals surface area contributed by atoms with Gasteiger partial charge in [-0.15, -0.1) is 0 Å². The van der Waals surface area contributed by atoms with E-state index >= 15 is 0 Å². The molecule has 0 aromatic heterocycles. The first-order valence-electron chi connectivity index (χ1n) is 7.90. The van der Waals surface area contributed by atoms with Gasteiger partial charge in [0.15, 0.2) is 5.60 Å². The van der Waals surface area contributed by atoms with Crippen molar-refractivity contribution in [1.29, 1.82) is 0 Å². The normalized spacial score (nSPS) is 10.2. The molecule has 0 unspecified atom stereocenters. The Kier molecular flexibility index (Phi) is 7.95. The molecular formula is C21H26OS. The molecule has 0 aliphatic rings. The minimum Gasteiger partial charge on any atom is -0.369 e. The molecule has 0 radical (unpaired) electrons. The Morgan fingerprint density at radius 3 is 1.65 bits per heavy atom. The van der Waals surface area contributed by atoms with Crippen LogP contribution in [0.25, 0.3) is 0 Å². The molecule has 1 nitrogen and oxygen atoms in total. The molecule has 0 spiro atoms. The molecule has 0 heterocycles. The van der Waals surface area contributed by atoms with Crippen LogP contribution >= 0.6 is 11.8 Å². The summed E-state index contributed by atoms with van der Waals surface area (Å²) in [7, 11) is 0. The number of aliphatic hydroxyl groups is 1. The van der Waals surface area contributed by atoms with Gasteiger partial charge in [-0.05, 0) is 42.4 Å². The van der Waals surface area contributed by atoms with Gasteiger partial charge in [0.2, 0.25) is 0 Å². The molecule has 122 valence electrons. The van der Waals surface area contributed by atoms with Crippen LogP contribution in [-0.2, 0) is 5.60 Å². The minimum atomic E-state index is -1.26. The summed E-state index contributed by atoms with van der Waals surface area (Å²) < 4.78 is 0. The van der Waals surface area contributed by atoms with E-state index in [-0.39, 0.29) is 0 Å². The summed E-state index contributed by atoms with van der Waals surface area (Å²) in [6, 6.07) is 15.7. The van der Waals surface area contributed by atoms with Crippen molar-refractivity contribution >= 4 is 11.8 Å². The number of aryl methyl sites for hydroxylation is 2.